The van der Waals surface area contributed by atoms with Crippen LogP contribution < -0.4 is 4.74 Å². The zero-order valence-electron chi connectivity index (χ0n) is 17.3. The second-order valence-electron chi connectivity index (χ2n) is 7.91. The Labute approximate surface area is 168 Å². The first-order valence-electron chi connectivity index (χ1n) is 9.94. The molecule has 0 saturated carbocycles. The Bertz CT molecular complexity index is 710. The van der Waals surface area contributed by atoms with Crippen molar-refractivity contribution >= 4 is 0 Å². The number of aliphatic hydroxyl groups is 1. The lowest BCUT2D eigenvalue weighted by atomic mass is 10.2. The minimum Gasteiger partial charge on any atom is -0.491 e. The molecule has 0 unspecified atom stereocenters. The van der Waals surface area contributed by atoms with Crippen molar-refractivity contribution in [1.29, 1.82) is 0 Å². The summed E-state index contributed by atoms with van der Waals surface area (Å²) in [5.41, 5.74) is 2.44. The molecular formula is C21H33N5O2. The molecule has 1 saturated heterocycles. The molecule has 0 bridgehead atoms. The molecule has 2 heterocycles. The maximum Gasteiger partial charge on any atom is 0.119 e. The molecule has 0 spiro atoms. The number of ether oxygens (including phenoxy) is 1. The third-order valence-corrected chi connectivity index (χ3v) is 5.09. The number of aliphatic hydroxyl groups excluding tert-OH is 1. The molecule has 28 heavy (non-hydrogen) atoms. The minimum atomic E-state index is -0.464. The average molecular weight is 388 g/mol. The van der Waals surface area contributed by atoms with E-state index in [0.29, 0.717) is 13.2 Å². The van der Waals surface area contributed by atoms with Gasteiger partial charge >= 0.3 is 0 Å². The lowest BCUT2D eigenvalue weighted by Gasteiger charge is -2.33. The maximum absolute atomic E-state index is 10.3. The molecule has 1 aliphatic heterocycles. The lowest BCUT2D eigenvalue weighted by molar-refractivity contribution is 0.0505. The summed E-state index contributed by atoms with van der Waals surface area (Å²) in [6.07, 6.45) is 3.48. The van der Waals surface area contributed by atoms with Gasteiger partial charge in [-0.25, -0.2) is 0 Å². The number of benzene rings is 1. The molecule has 7 nitrogen and oxygen atoms in total. The van der Waals surface area contributed by atoms with E-state index in [4.69, 9.17) is 4.74 Å². The van der Waals surface area contributed by atoms with E-state index in [1.165, 1.54) is 11.1 Å². The molecule has 154 valence electrons. The van der Waals surface area contributed by atoms with Crippen molar-refractivity contribution in [1.82, 2.24) is 24.5 Å². The minimum absolute atomic E-state index is 0.326. The molecule has 2 aromatic rings. The molecule has 1 fully saturated rings. The molecule has 0 amide bonds. The fourth-order valence-corrected chi connectivity index (χ4v) is 3.50. The smallest absolute Gasteiger partial charge is 0.119 e. The second kappa shape index (κ2) is 10.0. The normalized spacial score (nSPS) is 17.2. The lowest BCUT2D eigenvalue weighted by Crippen LogP contribution is -2.47. The number of rotatable bonds is 9. The van der Waals surface area contributed by atoms with Crippen LogP contribution in [0, 0.1) is 0 Å². The monoisotopic (exact) mass is 387 g/mol. The van der Waals surface area contributed by atoms with Crippen molar-refractivity contribution in [2.75, 3.05) is 53.4 Å². The number of nitrogens with zero attached hydrogens (tertiary/aromatic N) is 5. The van der Waals surface area contributed by atoms with Gasteiger partial charge in [0, 0.05) is 64.6 Å². The number of hydrogen-bond acceptors (Lipinski definition) is 6. The summed E-state index contributed by atoms with van der Waals surface area (Å²) in [6.45, 7) is 6.86. The van der Waals surface area contributed by atoms with E-state index in [2.05, 4.69) is 46.0 Å². The van der Waals surface area contributed by atoms with Crippen LogP contribution in [0.4, 0.5) is 0 Å². The largest absolute Gasteiger partial charge is 0.491 e. The number of β-amino-alcohol motifs (C(OH)–C–C–N with tert-alkyl or cyclic N) is 1. The number of piperazine rings is 1. The topological polar surface area (TPSA) is 57.0 Å². The number of hydrogen-bond donors (Lipinski definition) is 1. The Morgan fingerprint density at radius 2 is 1.75 bits per heavy atom. The van der Waals surface area contributed by atoms with Crippen molar-refractivity contribution in [2.45, 2.75) is 19.2 Å². The Balaban J connectivity index is 1.38. The summed E-state index contributed by atoms with van der Waals surface area (Å²) < 4.78 is 7.60. The van der Waals surface area contributed by atoms with E-state index in [1.54, 1.807) is 0 Å². The predicted octanol–water partition coefficient (Wildman–Crippen LogP) is 1.04. The molecule has 1 N–H and O–H groups in total. The van der Waals surface area contributed by atoms with Crippen LogP contribution in [0.25, 0.3) is 0 Å². The number of likely N-dealkylation sites (N-methyl/N-ethyl adjacent to an activating group) is 1. The predicted molar refractivity (Wildman–Crippen MR) is 110 cm³/mol. The van der Waals surface area contributed by atoms with Crippen LogP contribution >= 0.6 is 0 Å². The van der Waals surface area contributed by atoms with Crippen molar-refractivity contribution in [2.24, 2.45) is 7.05 Å². The van der Waals surface area contributed by atoms with Gasteiger partial charge in [0.05, 0.1) is 6.20 Å². The van der Waals surface area contributed by atoms with Gasteiger partial charge in [0.1, 0.15) is 18.5 Å². The van der Waals surface area contributed by atoms with Gasteiger partial charge in [0.25, 0.3) is 0 Å². The third-order valence-electron chi connectivity index (χ3n) is 5.09. The summed E-state index contributed by atoms with van der Waals surface area (Å²) in [6, 6.07) is 8.13. The quantitative estimate of drug-likeness (QED) is 0.694. The number of aryl methyl sites for hydroxylation is 1. The van der Waals surface area contributed by atoms with Gasteiger partial charge in [0.2, 0.25) is 0 Å². The summed E-state index contributed by atoms with van der Waals surface area (Å²) in [4.78, 5) is 6.87. The fourth-order valence-electron chi connectivity index (χ4n) is 3.50. The van der Waals surface area contributed by atoms with E-state index in [1.807, 2.05) is 36.3 Å². The molecular weight excluding hydrogens is 354 g/mol. The van der Waals surface area contributed by atoms with Gasteiger partial charge in [-0.1, -0.05) is 12.1 Å². The third kappa shape index (κ3) is 6.60. The number of aromatic nitrogens is 2. The highest BCUT2D eigenvalue weighted by Gasteiger charge is 2.17. The highest BCUT2D eigenvalue weighted by molar-refractivity contribution is 5.27. The zero-order chi connectivity index (χ0) is 19.9. The SMILES string of the molecule is CN1CCN(C[C@H](O)COc2ccc(CN(C)Cc3cnn(C)c3)cc2)CC1. The van der Waals surface area contributed by atoms with Gasteiger partial charge in [-0.15, -0.1) is 0 Å². The molecule has 0 radical (unpaired) electrons. The van der Waals surface area contributed by atoms with Crippen molar-refractivity contribution in [3.05, 3.63) is 47.8 Å². The van der Waals surface area contributed by atoms with Crippen molar-refractivity contribution in [3.63, 3.8) is 0 Å². The Hall–Kier alpha value is -1.93. The van der Waals surface area contributed by atoms with Gasteiger partial charge in [-0.05, 0) is 31.8 Å². The maximum atomic E-state index is 10.3. The molecule has 1 atom stereocenters. The first kappa shape index (κ1) is 20.8. The molecule has 1 aromatic carbocycles. The molecule has 1 aliphatic rings. The fraction of sp³-hybridized carbons (Fsp3) is 0.571. The highest BCUT2D eigenvalue weighted by atomic mass is 16.5. The van der Waals surface area contributed by atoms with Gasteiger partial charge in [0.15, 0.2) is 0 Å². The zero-order valence-corrected chi connectivity index (χ0v) is 17.3. The second-order valence-corrected chi connectivity index (χ2v) is 7.91. The first-order valence-corrected chi connectivity index (χ1v) is 9.94. The van der Waals surface area contributed by atoms with Crippen LogP contribution in [0.1, 0.15) is 11.1 Å². The highest BCUT2D eigenvalue weighted by Crippen LogP contribution is 2.15. The first-order chi connectivity index (χ1) is 13.5. The van der Waals surface area contributed by atoms with E-state index < -0.39 is 6.10 Å². The Morgan fingerprint density at radius 1 is 1.07 bits per heavy atom. The standard InChI is InChI=1S/C21H33N5O2/c1-23-8-10-26(11-9-23)16-20(27)17-28-21-6-4-18(5-7-21)13-24(2)14-19-12-22-25(3)15-19/h4-7,12,15,20,27H,8-11,13-14,16-17H2,1-3H3/t20-/m0/s1. The van der Waals surface area contributed by atoms with Crippen LogP contribution in [0.2, 0.25) is 0 Å². The molecule has 0 aliphatic carbocycles. The van der Waals surface area contributed by atoms with Gasteiger partial charge in [-0.2, -0.15) is 5.10 Å². The van der Waals surface area contributed by atoms with Crippen molar-refractivity contribution in [3.8, 4) is 5.75 Å². The van der Waals surface area contributed by atoms with Crippen LogP contribution in [-0.2, 0) is 20.1 Å². The molecule has 1 aromatic heterocycles. The van der Waals surface area contributed by atoms with Gasteiger partial charge < -0.3 is 14.7 Å². The van der Waals surface area contributed by atoms with Crippen molar-refractivity contribution < 1.29 is 9.84 Å². The van der Waals surface area contributed by atoms with Gasteiger partial charge in [-0.3, -0.25) is 14.5 Å². The Kier molecular flexibility index (Phi) is 7.44. The molecule has 3 rings (SSSR count). The van der Waals surface area contributed by atoms with Crippen LogP contribution in [0.5, 0.6) is 5.75 Å². The van der Waals surface area contributed by atoms with E-state index in [-0.39, 0.29) is 0 Å². The molecule has 7 heteroatoms. The summed E-state index contributed by atoms with van der Waals surface area (Å²) in [5, 5.41) is 14.5. The van der Waals surface area contributed by atoms with E-state index in [0.717, 1.165) is 45.0 Å². The van der Waals surface area contributed by atoms with Crippen LogP contribution in [0.3, 0.4) is 0 Å². The van der Waals surface area contributed by atoms with E-state index in [9.17, 15) is 5.11 Å². The Morgan fingerprint density at radius 3 is 2.39 bits per heavy atom. The summed E-state index contributed by atoms with van der Waals surface area (Å²) in [7, 11) is 6.17. The average Bonchev–Trinajstić information content (AvgIpc) is 3.07. The summed E-state index contributed by atoms with van der Waals surface area (Å²) in [5.74, 6) is 0.802. The van der Waals surface area contributed by atoms with Crippen LogP contribution in [-0.4, -0.2) is 89.1 Å². The van der Waals surface area contributed by atoms with Crippen LogP contribution in [0.15, 0.2) is 36.7 Å². The van der Waals surface area contributed by atoms with E-state index >= 15 is 0 Å². The summed E-state index contributed by atoms with van der Waals surface area (Å²) >= 11 is 0.